The molecule has 0 aliphatic carbocycles. The summed E-state index contributed by atoms with van der Waals surface area (Å²) in [7, 11) is 0. The molecule has 1 aromatic carbocycles. The van der Waals surface area contributed by atoms with Gasteiger partial charge in [-0.3, -0.25) is 4.79 Å². The lowest BCUT2D eigenvalue weighted by atomic mass is 10.2. The summed E-state index contributed by atoms with van der Waals surface area (Å²) in [6.45, 7) is 1.92. The molecule has 0 bridgehead atoms. The number of tetrazole rings is 1. The van der Waals surface area contributed by atoms with E-state index in [2.05, 4.69) is 25.8 Å². The number of halogens is 1. The molecule has 0 aliphatic rings. The van der Waals surface area contributed by atoms with Gasteiger partial charge < -0.3 is 5.32 Å². The highest BCUT2D eigenvalue weighted by atomic mass is 35.5. The molecule has 0 radical (unpaired) electrons. The lowest BCUT2D eigenvalue weighted by molar-refractivity contribution is 0.102. The number of nitrogens with one attached hydrogen (secondary N) is 1. The highest BCUT2D eigenvalue weighted by Crippen LogP contribution is 2.20. The maximum Gasteiger partial charge on any atom is 0.258 e. The van der Waals surface area contributed by atoms with Gasteiger partial charge in [-0.2, -0.15) is 0 Å². The number of amides is 1. The number of nitrogens with zero attached hydrogens (tertiary/aromatic N) is 5. The van der Waals surface area contributed by atoms with Crippen LogP contribution in [0.15, 0.2) is 42.9 Å². The smallest absolute Gasteiger partial charge is 0.258 e. The van der Waals surface area contributed by atoms with Gasteiger partial charge in [-0.15, -0.1) is 5.10 Å². The molecule has 1 N–H and O–H groups in total. The second kappa shape index (κ2) is 5.90. The number of rotatable bonds is 3. The van der Waals surface area contributed by atoms with Crippen molar-refractivity contribution in [3.63, 3.8) is 0 Å². The highest BCUT2D eigenvalue weighted by molar-refractivity contribution is 6.34. The van der Waals surface area contributed by atoms with Crippen LogP contribution in [-0.4, -0.2) is 31.1 Å². The van der Waals surface area contributed by atoms with Gasteiger partial charge in [0.2, 0.25) is 0 Å². The minimum Gasteiger partial charge on any atom is -0.307 e. The van der Waals surface area contributed by atoms with Gasteiger partial charge in [-0.05, 0) is 47.2 Å². The van der Waals surface area contributed by atoms with E-state index in [0.717, 1.165) is 5.56 Å². The van der Waals surface area contributed by atoms with Crippen molar-refractivity contribution < 1.29 is 4.79 Å². The molecule has 0 fully saturated rings. The van der Waals surface area contributed by atoms with Crippen LogP contribution in [0.1, 0.15) is 15.9 Å². The fourth-order valence-corrected chi connectivity index (χ4v) is 2.04. The standard InChI is InChI=1S/C14H11ClN6O/c1-9-2-5-13(16-7-9)18-14(22)11-6-10(3-4-12(11)15)21-8-17-19-20-21/h2-8H,1H3,(H,16,18,22). The van der Waals surface area contributed by atoms with E-state index < -0.39 is 0 Å². The van der Waals surface area contributed by atoms with Crippen LogP contribution >= 0.6 is 11.6 Å². The quantitative estimate of drug-likeness (QED) is 0.801. The van der Waals surface area contributed by atoms with Crippen molar-refractivity contribution in [1.29, 1.82) is 0 Å². The predicted octanol–water partition coefficient (Wildman–Crippen LogP) is 2.27. The van der Waals surface area contributed by atoms with Gasteiger partial charge in [0.15, 0.2) is 0 Å². The van der Waals surface area contributed by atoms with Gasteiger partial charge in [0.1, 0.15) is 12.1 Å². The van der Waals surface area contributed by atoms with Crippen molar-refractivity contribution in [2.75, 3.05) is 5.32 Å². The van der Waals surface area contributed by atoms with Crippen molar-refractivity contribution in [3.8, 4) is 5.69 Å². The summed E-state index contributed by atoms with van der Waals surface area (Å²) >= 11 is 6.10. The van der Waals surface area contributed by atoms with Crippen LogP contribution in [0, 0.1) is 6.92 Å². The van der Waals surface area contributed by atoms with Crippen LogP contribution in [0.2, 0.25) is 5.02 Å². The molecule has 110 valence electrons. The van der Waals surface area contributed by atoms with E-state index in [4.69, 9.17) is 11.6 Å². The van der Waals surface area contributed by atoms with E-state index in [9.17, 15) is 4.79 Å². The van der Waals surface area contributed by atoms with E-state index in [0.29, 0.717) is 22.1 Å². The van der Waals surface area contributed by atoms with E-state index in [1.807, 2.05) is 13.0 Å². The van der Waals surface area contributed by atoms with Gasteiger partial charge in [-0.1, -0.05) is 17.7 Å². The van der Waals surface area contributed by atoms with E-state index in [1.165, 1.54) is 11.0 Å². The Labute approximate surface area is 130 Å². The Morgan fingerprint density at radius 2 is 2.14 bits per heavy atom. The molecule has 3 rings (SSSR count). The molecule has 2 heterocycles. The maximum atomic E-state index is 12.3. The first-order valence-electron chi connectivity index (χ1n) is 6.40. The Balaban J connectivity index is 1.88. The fraction of sp³-hybridized carbons (Fsp3) is 0.0714. The van der Waals surface area contributed by atoms with Crippen molar-refractivity contribution in [2.45, 2.75) is 6.92 Å². The van der Waals surface area contributed by atoms with Gasteiger partial charge in [0.25, 0.3) is 5.91 Å². The lowest BCUT2D eigenvalue weighted by Gasteiger charge is -2.08. The van der Waals surface area contributed by atoms with Crippen molar-refractivity contribution in [3.05, 3.63) is 59.0 Å². The second-order valence-electron chi connectivity index (χ2n) is 4.59. The zero-order valence-corrected chi connectivity index (χ0v) is 12.3. The van der Waals surface area contributed by atoms with E-state index in [-0.39, 0.29) is 5.91 Å². The molecule has 0 spiro atoms. The van der Waals surface area contributed by atoms with Gasteiger partial charge in [0.05, 0.1) is 16.3 Å². The zero-order valence-electron chi connectivity index (χ0n) is 11.6. The molecule has 2 aromatic heterocycles. The third kappa shape index (κ3) is 2.94. The summed E-state index contributed by atoms with van der Waals surface area (Å²) < 4.78 is 1.44. The fourth-order valence-electron chi connectivity index (χ4n) is 1.83. The molecule has 0 saturated carbocycles. The van der Waals surface area contributed by atoms with Crippen LogP contribution in [0.3, 0.4) is 0 Å². The molecule has 7 nitrogen and oxygen atoms in total. The summed E-state index contributed by atoms with van der Waals surface area (Å²) in [5.74, 6) is 0.107. The summed E-state index contributed by atoms with van der Waals surface area (Å²) in [6, 6.07) is 8.55. The largest absolute Gasteiger partial charge is 0.307 e. The molecule has 1 amide bonds. The third-order valence-electron chi connectivity index (χ3n) is 2.96. The predicted molar refractivity (Wildman–Crippen MR) is 81.1 cm³/mol. The van der Waals surface area contributed by atoms with Crippen LogP contribution in [0.4, 0.5) is 5.82 Å². The Morgan fingerprint density at radius 1 is 1.27 bits per heavy atom. The van der Waals surface area contributed by atoms with E-state index >= 15 is 0 Å². The summed E-state index contributed by atoms with van der Waals surface area (Å²) in [4.78, 5) is 16.5. The summed E-state index contributed by atoms with van der Waals surface area (Å²) in [5, 5.41) is 13.9. The number of aromatic nitrogens is 5. The normalized spacial score (nSPS) is 10.5. The minimum atomic E-state index is -0.351. The summed E-state index contributed by atoms with van der Waals surface area (Å²) in [5.41, 5.74) is 1.96. The first kappa shape index (κ1) is 14.2. The number of carbonyl (C=O) groups is 1. The average molecular weight is 315 g/mol. The Kier molecular flexibility index (Phi) is 3.80. The Hall–Kier alpha value is -2.80. The van der Waals surface area contributed by atoms with Crippen molar-refractivity contribution in [1.82, 2.24) is 25.2 Å². The number of hydrogen-bond acceptors (Lipinski definition) is 5. The van der Waals surface area contributed by atoms with Crippen molar-refractivity contribution in [2.24, 2.45) is 0 Å². The zero-order chi connectivity index (χ0) is 15.5. The molecule has 0 saturated heterocycles. The van der Waals surface area contributed by atoms with Crippen LogP contribution in [-0.2, 0) is 0 Å². The molecule has 0 atom stereocenters. The first-order chi connectivity index (χ1) is 10.6. The highest BCUT2D eigenvalue weighted by Gasteiger charge is 2.13. The number of benzene rings is 1. The molecule has 8 heteroatoms. The SMILES string of the molecule is Cc1ccc(NC(=O)c2cc(-n3cnnn3)ccc2Cl)nc1. The van der Waals surface area contributed by atoms with Crippen LogP contribution in [0.25, 0.3) is 5.69 Å². The molecule has 3 aromatic rings. The average Bonchev–Trinajstić information content (AvgIpc) is 3.04. The van der Waals surface area contributed by atoms with E-state index in [1.54, 1.807) is 30.5 Å². The second-order valence-corrected chi connectivity index (χ2v) is 5.00. The molecular formula is C14H11ClN6O. The number of pyridine rings is 1. The Morgan fingerprint density at radius 3 is 2.82 bits per heavy atom. The number of aryl methyl sites for hydroxylation is 1. The molecule has 22 heavy (non-hydrogen) atoms. The molecular weight excluding hydrogens is 304 g/mol. The van der Waals surface area contributed by atoms with Crippen molar-refractivity contribution >= 4 is 23.3 Å². The third-order valence-corrected chi connectivity index (χ3v) is 3.29. The van der Waals surface area contributed by atoms with Crippen LogP contribution in [0.5, 0.6) is 0 Å². The number of anilines is 1. The maximum absolute atomic E-state index is 12.3. The first-order valence-corrected chi connectivity index (χ1v) is 6.78. The Bertz CT molecular complexity index is 801. The van der Waals surface area contributed by atoms with Gasteiger partial charge in [0, 0.05) is 6.20 Å². The lowest BCUT2D eigenvalue weighted by Crippen LogP contribution is -2.14. The van der Waals surface area contributed by atoms with Crippen LogP contribution < -0.4 is 5.32 Å². The number of hydrogen-bond donors (Lipinski definition) is 1. The number of carbonyl (C=O) groups excluding carboxylic acids is 1. The molecule has 0 aliphatic heterocycles. The monoisotopic (exact) mass is 314 g/mol. The topological polar surface area (TPSA) is 85.6 Å². The molecule has 0 unspecified atom stereocenters. The minimum absolute atomic E-state index is 0.317. The van der Waals surface area contributed by atoms with Gasteiger partial charge in [-0.25, -0.2) is 9.67 Å². The van der Waals surface area contributed by atoms with Gasteiger partial charge >= 0.3 is 0 Å². The summed E-state index contributed by atoms with van der Waals surface area (Å²) in [6.07, 6.45) is 3.11.